The second-order valence-electron chi connectivity index (χ2n) is 9.53. The summed E-state index contributed by atoms with van der Waals surface area (Å²) in [6.45, 7) is 2.13. The molecule has 1 unspecified atom stereocenters. The minimum Gasteiger partial charge on any atom is -0.496 e. The Balaban J connectivity index is 1.39. The number of benzene rings is 3. The van der Waals surface area contributed by atoms with E-state index in [1.807, 2.05) is 90.5 Å². The second-order valence-corrected chi connectivity index (χ2v) is 9.53. The van der Waals surface area contributed by atoms with Crippen LogP contribution in [-0.2, 0) is 6.61 Å². The van der Waals surface area contributed by atoms with E-state index in [2.05, 4.69) is 10.1 Å². The fourth-order valence-electron chi connectivity index (χ4n) is 5.32. The molecule has 0 amide bonds. The molecule has 3 aromatic carbocycles. The summed E-state index contributed by atoms with van der Waals surface area (Å²) < 4.78 is 27.2. The van der Waals surface area contributed by atoms with Crippen LogP contribution in [0.15, 0.2) is 85.2 Å². The normalized spacial score (nSPS) is 13.8. The zero-order chi connectivity index (χ0) is 27.9. The van der Waals surface area contributed by atoms with Gasteiger partial charge in [0, 0.05) is 5.56 Å². The van der Waals surface area contributed by atoms with Crippen LogP contribution in [0.1, 0.15) is 34.1 Å². The fourth-order valence-corrected chi connectivity index (χ4v) is 5.32. The zero-order valence-corrected chi connectivity index (χ0v) is 22.7. The van der Waals surface area contributed by atoms with Crippen LogP contribution in [0.2, 0.25) is 0 Å². The summed E-state index contributed by atoms with van der Waals surface area (Å²) >= 11 is 0. The highest BCUT2D eigenvalue weighted by atomic mass is 16.5. The molecule has 0 spiro atoms. The molecular weight excluding hydrogens is 520 g/mol. The molecule has 204 valence electrons. The first-order valence-electron chi connectivity index (χ1n) is 13.1. The Morgan fingerprint density at radius 2 is 1.51 bits per heavy atom. The summed E-state index contributed by atoms with van der Waals surface area (Å²) in [6.07, 6.45) is 1.61. The summed E-state index contributed by atoms with van der Waals surface area (Å²) in [5, 5.41) is 9.55. The second kappa shape index (κ2) is 9.98. The third-order valence-electron chi connectivity index (χ3n) is 7.14. The summed E-state index contributed by atoms with van der Waals surface area (Å²) in [5.74, 6) is 3.19. The van der Waals surface area contributed by atoms with Gasteiger partial charge in [-0.1, -0.05) is 48.5 Å². The molecule has 10 heteroatoms. The monoisotopic (exact) mass is 546 g/mol. The Hall–Kier alpha value is -5.38. The van der Waals surface area contributed by atoms with Crippen molar-refractivity contribution in [2.45, 2.75) is 19.4 Å². The van der Waals surface area contributed by atoms with Crippen LogP contribution in [-0.4, -0.2) is 43.6 Å². The Labute approximate surface area is 235 Å². The molecule has 7 rings (SSSR count). The van der Waals surface area contributed by atoms with Crippen molar-refractivity contribution >= 4 is 5.65 Å². The number of rotatable bonds is 7. The third-order valence-corrected chi connectivity index (χ3v) is 7.14. The first kappa shape index (κ1) is 24.6. The van der Waals surface area contributed by atoms with Crippen LogP contribution in [0.3, 0.4) is 0 Å². The standard InChI is InChI=1S/C31H26N6O4/c1-19-26-27(21-13-7-8-14-22(21)38-2)28-29-33-25(17-40-24-16-10-9-15-23(24)39-3)35-36(29)18-32-30(28)41-31(26)37(34-19)20-11-5-4-6-12-20/h4-16,18,27H,17H2,1-3H3. The van der Waals surface area contributed by atoms with Gasteiger partial charge in [-0.05, 0) is 37.3 Å². The van der Waals surface area contributed by atoms with Gasteiger partial charge in [-0.3, -0.25) is 0 Å². The van der Waals surface area contributed by atoms with E-state index < -0.39 is 0 Å². The molecule has 0 saturated heterocycles. The zero-order valence-electron chi connectivity index (χ0n) is 22.7. The van der Waals surface area contributed by atoms with E-state index >= 15 is 0 Å². The molecule has 0 saturated carbocycles. The van der Waals surface area contributed by atoms with E-state index in [4.69, 9.17) is 29.0 Å². The van der Waals surface area contributed by atoms with Gasteiger partial charge in [-0.2, -0.15) is 5.10 Å². The molecule has 0 fully saturated rings. The molecule has 0 aliphatic carbocycles. The number of nitrogens with zero attached hydrogens (tertiary/aromatic N) is 6. The fraction of sp³-hybridized carbons (Fsp3) is 0.161. The molecule has 0 radical (unpaired) electrons. The van der Waals surface area contributed by atoms with Gasteiger partial charge in [0.2, 0.25) is 11.8 Å². The molecule has 41 heavy (non-hydrogen) atoms. The van der Waals surface area contributed by atoms with Crippen molar-refractivity contribution < 1.29 is 18.9 Å². The van der Waals surface area contributed by atoms with Crippen LogP contribution in [0.4, 0.5) is 0 Å². The van der Waals surface area contributed by atoms with Gasteiger partial charge >= 0.3 is 0 Å². The molecule has 3 aromatic heterocycles. The van der Waals surface area contributed by atoms with E-state index in [1.165, 1.54) is 0 Å². The van der Waals surface area contributed by atoms with Crippen molar-refractivity contribution in [3.63, 3.8) is 0 Å². The molecule has 1 aliphatic heterocycles. The van der Waals surface area contributed by atoms with Crippen LogP contribution >= 0.6 is 0 Å². The number of aromatic nitrogens is 6. The van der Waals surface area contributed by atoms with Gasteiger partial charge in [-0.15, -0.1) is 5.10 Å². The molecular formula is C31H26N6O4. The minimum atomic E-state index is -0.328. The van der Waals surface area contributed by atoms with Crippen LogP contribution < -0.4 is 18.9 Å². The van der Waals surface area contributed by atoms with E-state index in [-0.39, 0.29) is 12.5 Å². The van der Waals surface area contributed by atoms with Gasteiger partial charge in [0.05, 0.1) is 42.6 Å². The highest BCUT2D eigenvalue weighted by molar-refractivity contribution is 5.67. The summed E-state index contributed by atoms with van der Waals surface area (Å²) in [6, 6.07) is 25.3. The van der Waals surface area contributed by atoms with Crippen molar-refractivity contribution in [1.82, 2.24) is 29.4 Å². The number of ether oxygens (including phenoxy) is 4. The maximum Gasteiger partial charge on any atom is 0.230 e. The number of methoxy groups -OCH3 is 2. The van der Waals surface area contributed by atoms with E-state index in [1.54, 1.807) is 25.1 Å². The predicted molar refractivity (Wildman–Crippen MR) is 150 cm³/mol. The molecule has 0 N–H and O–H groups in total. The molecule has 10 nitrogen and oxygen atoms in total. The van der Waals surface area contributed by atoms with E-state index in [0.29, 0.717) is 34.7 Å². The highest BCUT2D eigenvalue weighted by Crippen LogP contribution is 2.51. The highest BCUT2D eigenvalue weighted by Gasteiger charge is 2.39. The van der Waals surface area contributed by atoms with Gasteiger partial charge in [0.15, 0.2) is 23.0 Å². The molecule has 6 aromatic rings. The lowest BCUT2D eigenvalue weighted by Gasteiger charge is -2.27. The van der Waals surface area contributed by atoms with Crippen LogP contribution in [0.5, 0.6) is 29.0 Å². The van der Waals surface area contributed by atoms with Gasteiger partial charge in [-0.25, -0.2) is 19.2 Å². The lowest BCUT2D eigenvalue weighted by Crippen LogP contribution is -2.16. The Kier molecular flexibility index (Phi) is 6.00. The Morgan fingerprint density at radius 1 is 0.805 bits per heavy atom. The lowest BCUT2D eigenvalue weighted by molar-refractivity contribution is 0.276. The number of hydrogen-bond donors (Lipinski definition) is 0. The first-order valence-corrected chi connectivity index (χ1v) is 13.1. The average Bonchev–Trinajstić information content (AvgIpc) is 3.60. The lowest BCUT2D eigenvalue weighted by atomic mass is 9.84. The number of aryl methyl sites for hydroxylation is 1. The van der Waals surface area contributed by atoms with Crippen molar-refractivity contribution in [2.24, 2.45) is 0 Å². The van der Waals surface area contributed by atoms with E-state index in [9.17, 15) is 0 Å². The Bertz CT molecular complexity index is 1880. The van der Waals surface area contributed by atoms with Gasteiger partial charge in [0.1, 0.15) is 18.7 Å². The van der Waals surface area contributed by atoms with Gasteiger partial charge < -0.3 is 18.9 Å². The minimum absolute atomic E-state index is 0.146. The molecule has 1 atom stereocenters. The number of fused-ring (bicyclic) bond motifs is 4. The van der Waals surface area contributed by atoms with Crippen LogP contribution in [0.25, 0.3) is 11.3 Å². The summed E-state index contributed by atoms with van der Waals surface area (Å²) in [7, 11) is 3.28. The van der Waals surface area contributed by atoms with E-state index in [0.717, 1.165) is 33.8 Å². The maximum absolute atomic E-state index is 6.51. The van der Waals surface area contributed by atoms with Crippen molar-refractivity contribution in [3.8, 4) is 34.7 Å². The molecule has 4 heterocycles. The quantitative estimate of drug-likeness (QED) is 0.259. The maximum atomic E-state index is 6.51. The van der Waals surface area contributed by atoms with Crippen molar-refractivity contribution in [3.05, 3.63) is 113 Å². The number of hydrogen-bond acceptors (Lipinski definition) is 8. The topological polar surface area (TPSA) is 97.8 Å². The number of para-hydroxylation sites is 4. The molecule has 1 aliphatic rings. The van der Waals surface area contributed by atoms with Crippen molar-refractivity contribution in [1.29, 1.82) is 0 Å². The predicted octanol–water partition coefficient (Wildman–Crippen LogP) is 5.50. The van der Waals surface area contributed by atoms with Crippen molar-refractivity contribution in [2.75, 3.05) is 14.2 Å². The first-order chi connectivity index (χ1) is 20.2. The largest absolute Gasteiger partial charge is 0.496 e. The molecule has 0 bridgehead atoms. The average molecular weight is 547 g/mol. The van der Waals surface area contributed by atoms with Crippen LogP contribution in [0, 0.1) is 6.92 Å². The smallest absolute Gasteiger partial charge is 0.230 e. The Morgan fingerprint density at radius 3 is 2.29 bits per heavy atom. The summed E-state index contributed by atoms with van der Waals surface area (Å²) in [4.78, 5) is 9.57. The third kappa shape index (κ3) is 4.11. The van der Waals surface area contributed by atoms with Gasteiger partial charge in [0.25, 0.3) is 0 Å². The summed E-state index contributed by atoms with van der Waals surface area (Å²) in [5.41, 5.74) is 4.96. The SMILES string of the molecule is COc1ccccc1OCc1nc2c3c(ncn2n1)Oc1c(c(C)nn1-c1ccccc1)C3c1ccccc1OC.